The van der Waals surface area contributed by atoms with Crippen molar-refractivity contribution in [3.63, 3.8) is 0 Å². The molecule has 0 aliphatic carbocycles. The van der Waals surface area contributed by atoms with E-state index in [1.165, 1.54) is 18.4 Å². The first-order chi connectivity index (χ1) is 8.10. The van der Waals surface area contributed by atoms with Crippen LogP contribution in [0.3, 0.4) is 0 Å². The number of anilines is 1. The number of benzene rings is 1. The standard InChI is InChI=1S/C11H11N3O2S/c1-6-3-4-7-8(5-6)17-11(13-7)14-10(16)9(15)12-2/h3-5H,1-2H3,(H,12,15)(H,13,14,16). The number of nitrogens with one attached hydrogen (secondary N) is 2. The molecule has 0 saturated carbocycles. The van der Waals surface area contributed by atoms with E-state index in [-0.39, 0.29) is 0 Å². The van der Waals surface area contributed by atoms with Crippen LogP contribution in [0.4, 0.5) is 5.13 Å². The van der Waals surface area contributed by atoms with Gasteiger partial charge in [0.05, 0.1) is 10.2 Å². The number of aryl methyl sites for hydroxylation is 1. The third-order valence-electron chi connectivity index (χ3n) is 2.20. The van der Waals surface area contributed by atoms with Gasteiger partial charge in [-0.1, -0.05) is 17.4 Å². The average molecular weight is 249 g/mol. The summed E-state index contributed by atoms with van der Waals surface area (Å²) in [4.78, 5) is 26.6. The molecule has 1 heterocycles. The summed E-state index contributed by atoms with van der Waals surface area (Å²) < 4.78 is 0.984. The Labute approximate surface area is 102 Å². The topological polar surface area (TPSA) is 71.1 Å². The van der Waals surface area contributed by atoms with E-state index in [0.717, 1.165) is 15.8 Å². The quantitative estimate of drug-likeness (QED) is 0.748. The Balaban J connectivity index is 2.25. The highest BCUT2D eigenvalue weighted by Crippen LogP contribution is 2.26. The molecular formula is C11H11N3O2S. The average Bonchev–Trinajstić information content (AvgIpc) is 2.69. The maximum Gasteiger partial charge on any atom is 0.315 e. The second-order valence-corrected chi connectivity index (χ2v) is 4.55. The van der Waals surface area contributed by atoms with E-state index in [1.54, 1.807) is 0 Å². The van der Waals surface area contributed by atoms with Crippen LogP contribution in [0.25, 0.3) is 10.2 Å². The monoisotopic (exact) mass is 249 g/mol. The summed E-state index contributed by atoms with van der Waals surface area (Å²) in [6.07, 6.45) is 0. The molecule has 0 radical (unpaired) electrons. The Morgan fingerprint density at radius 1 is 1.29 bits per heavy atom. The van der Waals surface area contributed by atoms with Gasteiger partial charge >= 0.3 is 11.8 Å². The fraction of sp³-hybridized carbons (Fsp3) is 0.182. The number of hydrogen-bond acceptors (Lipinski definition) is 4. The molecule has 1 aromatic heterocycles. The van der Waals surface area contributed by atoms with Gasteiger partial charge in [0.1, 0.15) is 0 Å². The minimum absolute atomic E-state index is 0.430. The van der Waals surface area contributed by atoms with Crippen molar-refractivity contribution in [3.8, 4) is 0 Å². The molecule has 17 heavy (non-hydrogen) atoms. The predicted octanol–water partition coefficient (Wildman–Crippen LogP) is 1.29. The van der Waals surface area contributed by atoms with Crippen LogP contribution >= 0.6 is 11.3 Å². The number of carbonyl (C=O) groups excluding carboxylic acids is 2. The Morgan fingerprint density at radius 2 is 2.06 bits per heavy atom. The largest absolute Gasteiger partial charge is 0.351 e. The Bertz CT molecular complexity index is 591. The van der Waals surface area contributed by atoms with E-state index in [4.69, 9.17) is 0 Å². The van der Waals surface area contributed by atoms with Crippen LogP contribution in [0.2, 0.25) is 0 Å². The van der Waals surface area contributed by atoms with Gasteiger partial charge in [-0.05, 0) is 24.6 Å². The molecule has 5 nitrogen and oxygen atoms in total. The third kappa shape index (κ3) is 2.42. The van der Waals surface area contributed by atoms with Gasteiger partial charge in [-0.3, -0.25) is 14.9 Å². The van der Waals surface area contributed by atoms with Crippen molar-refractivity contribution in [2.45, 2.75) is 6.92 Å². The van der Waals surface area contributed by atoms with Crippen molar-refractivity contribution >= 4 is 38.5 Å². The second-order valence-electron chi connectivity index (χ2n) is 3.52. The number of amides is 2. The van der Waals surface area contributed by atoms with E-state index < -0.39 is 11.8 Å². The van der Waals surface area contributed by atoms with Gasteiger partial charge in [-0.25, -0.2) is 4.98 Å². The summed E-state index contributed by atoms with van der Waals surface area (Å²) in [5, 5.41) is 5.14. The summed E-state index contributed by atoms with van der Waals surface area (Å²) >= 11 is 1.34. The van der Waals surface area contributed by atoms with Crippen molar-refractivity contribution in [1.82, 2.24) is 10.3 Å². The molecule has 2 amide bonds. The minimum atomic E-state index is -0.705. The molecule has 2 N–H and O–H groups in total. The molecule has 0 aliphatic rings. The lowest BCUT2D eigenvalue weighted by atomic mass is 10.2. The number of likely N-dealkylation sites (N-methyl/N-ethyl adjacent to an activating group) is 1. The van der Waals surface area contributed by atoms with Crippen LogP contribution in [0.5, 0.6) is 0 Å². The molecule has 6 heteroatoms. The Hall–Kier alpha value is -1.95. The van der Waals surface area contributed by atoms with E-state index in [9.17, 15) is 9.59 Å². The molecule has 2 aromatic rings. The zero-order valence-electron chi connectivity index (χ0n) is 9.40. The van der Waals surface area contributed by atoms with E-state index in [0.29, 0.717) is 5.13 Å². The van der Waals surface area contributed by atoms with Gasteiger partial charge in [0.25, 0.3) is 0 Å². The van der Waals surface area contributed by atoms with Crippen LogP contribution in [0.15, 0.2) is 18.2 Å². The van der Waals surface area contributed by atoms with E-state index >= 15 is 0 Å². The zero-order chi connectivity index (χ0) is 12.4. The highest BCUT2D eigenvalue weighted by atomic mass is 32.1. The lowest BCUT2D eigenvalue weighted by Gasteiger charge is -1.98. The maximum absolute atomic E-state index is 11.3. The lowest BCUT2D eigenvalue weighted by molar-refractivity contribution is -0.135. The Kier molecular flexibility index (Phi) is 3.06. The second kappa shape index (κ2) is 4.50. The third-order valence-corrected chi connectivity index (χ3v) is 3.13. The number of rotatable bonds is 1. The summed E-state index contributed by atoms with van der Waals surface area (Å²) in [6.45, 7) is 1.99. The number of nitrogens with zero attached hydrogens (tertiary/aromatic N) is 1. The van der Waals surface area contributed by atoms with Crippen molar-refractivity contribution in [1.29, 1.82) is 0 Å². The fourth-order valence-electron chi connectivity index (χ4n) is 1.35. The molecule has 0 aliphatic heterocycles. The number of fused-ring (bicyclic) bond motifs is 1. The van der Waals surface area contributed by atoms with Crippen LogP contribution in [-0.2, 0) is 9.59 Å². The highest BCUT2D eigenvalue weighted by molar-refractivity contribution is 7.22. The number of thiazole rings is 1. The summed E-state index contributed by atoms with van der Waals surface area (Å²) in [7, 11) is 1.41. The molecule has 88 valence electrons. The van der Waals surface area contributed by atoms with Crippen LogP contribution < -0.4 is 10.6 Å². The molecule has 0 bridgehead atoms. The van der Waals surface area contributed by atoms with E-state index in [1.807, 2.05) is 25.1 Å². The Morgan fingerprint density at radius 3 is 2.76 bits per heavy atom. The minimum Gasteiger partial charge on any atom is -0.351 e. The summed E-state index contributed by atoms with van der Waals surface area (Å²) in [6, 6.07) is 5.83. The SMILES string of the molecule is CNC(=O)C(=O)Nc1nc2ccc(C)cc2s1. The van der Waals surface area contributed by atoms with Gasteiger partial charge in [-0.2, -0.15) is 0 Å². The molecular weight excluding hydrogens is 238 g/mol. The first kappa shape index (κ1) is 11.5. The normalized spacial score (nSPS) is 10.2. The number of hydrogen-bond donors (Lipinski definition) is 2. The number of aromatic nitrogens is 1. The predicted molar refractivity (Wildman–Crippen MR) is 67.1 cm³/mol. The molecule has 0 fully saturated rings. The molecule has 0 unspecified atom stereocenters. The van der Waals surface area contributed by atoms with Crippen molar-refractivity contribution in [2.24, 2.45) is 0 Å². The van der Waals surface area contributed by atoms with Crippen LogP contribution in [-0.4, -0.2) is 23.8 Å². The molecule has 2 rings (SSSR count). The summed E-state index contributed by atoms with van der Waals surface area (Å²) in [5.74, 6) is -1.39. The van der Waals surface area contributed by atoms with Gasteiger partial charge in [-0.15, -0.1) is 0 Å². The fourth-order valence-corrected chi connectivity index (χ4v) is 2.31. The lowest BCUT2D eigenvalue weighted by Crippen LogP contribution is -2.32. The zero-order valence-corrected chi connectivity index (χ0v) is 10.2. The van der Waals surface area contributed by atoms with Gasteiger partial charge in [0.2, 0.25) is 0 Å². The van der Waals surface area contributed by atoms with Gasteiger partial charge in [0.15, 0.2) is 5.13 Å². The van der Waals surface area contributed by atoms with Crippen molar-refractivity contribution < 1.29 is 9.59 Å². The number of carbonyl (C=O) groups is 2. The first-order valence-electron chi connectivity index (χ1n) is 5.00. The summed E-state index contributed by atoms with van der Waals surface area (Å²) in [5.41, 5.74) is 1.94. The van der Waals surface area contributed by atoms with Crippen molar-refractivity contribution in [3.05, 3.63) is 23.8 Å². The molecule has 0 spiro atoms. The molecule has 0 saturated heterocycles. The van der Waals surface area contributed by atoms with Gasteiger partial charge in [0, 0.05) is 7.05 Å². The smallest absolute Gasteiger partial charge is 0.315 e. The first-order valence-corrected chi connectivity index (χ1v) is 5.82. The van der Waals surface area contributed by atoms with Crippen molar-refractivity contribution in [2.75, 3.05) is 12.4 Å². The highest BCUT2D eigenvalue weighted by Gasteiger charge is 2.13. The van der Waals surface area contributed by atoms with Crippen LogP contribution in [0, 0.1) is 6.92 Å². The van der Waals surface area contributed by atoms with E-state index in [2.05, 4.69) is 15.6 Å². The molecule has 0 atom stereocenters. The van der Waals surface area contributed by atoms with Gasteiger partial charge < -0.3 is 5.32 Å². The maximum atomic E-state index is 11.3. The van der Waals surface area contributed by atoms with Crippen LogP contribution in [0.1, 0.15) is 5.56 Å². The molecule has 1 aromatic carbocycles.